The fourth-order valence-electron chi connectivity index (χ4n) is 1.61. The number of halogens is 1. The molecule has 5 nitrogen and oxygen atoms in total. The van der Waals surface area contributed by atoms with Gasteiger partial charge in [-0.25, -0.2) is 0 Å². The van der Waals surface area contributed by atoms with Crippen molar-refractivity contribution < 1.29 is 26.6 Å². The molecule has 1 aromatic heterocycles. The van der Waals surface area contributed by atoms with Crippen LogP contribution in [0.15, 0.2) is 54.9 Å². The fraction of sp³-hybridized carbons (Fsp3) is 0.0714. The molecule has 0 aliphatic heterocycles. The molecule has 2 amide bonds. The number of benzene rings is 1. The predicted molar refractivity (Wildman–Crippen MR) is 70.2 cm³/mol. The second-order valence-corrected chi connectivity index (χ2v) is 4.04. The number of nitrogens with one attached hydrogen (secondary N) is 1. The van der Waals surface area contributed by atoms with Crippen molar-refractivity contribution in [2.75, 3.05) is 5.32 Å². The highest BCUT2D eigenvalue weighted by atomic mass is 35.5. The molecule has 3 N–H and O–H groups in total. The van der Waals surface area contributed by atoms with Crippen molar-refractivity contribution >= 4 is 17.5 Å². The summed E-state index contributed by atoms with van der Waals surface area (Å²) in [5.41, 5.74) is 6.31. The number of hydrogen-bond donors (Lipinski definition) is 2. The Bertz CT molecular complexity index is 585. The molecule has 1 aromatic carbocycles. The van der Waals surface area contributed by atoms with Crippen LogP contribution in [0.1, 0.15) is 10.4 Å². The van der Waals surface area contributed by atoms with Crippen LogP contribution in [0.5, 0.6) is 0 Å². The SMILES string of the molecule is NC(=O)c1cc[n+](CC(=O)Nc2ccccc2)cc1.[Cl-]. The normalized spacial score (nSPS) is 9.40. The van der Waals surface area contributed by atoms with E-state index in [-0.39, 0.29) is 24.9 Å². The largest absolute Gasteiger partial charge is 1.00 e. The number of primary amides is 1. The lowest BCUT2D eigenvalue weighted by atomic mass is 10.2. The minimum Gasteiger partial charge on any atom is -1.00 e. The summed E-state index contributed by atoms with van der Waals surface area (Å²) in [6.45, 7) is 0.175. The van der Waals surface area contributed by atoms with Crippen LogP contribution in [0.25, 0.3) is 0 Å². The number of carbonyl (C=O) groups excluding carboxylic acids is 2. The summed E-state index contributed by atoms with van der Waals surface area (Å²) in [5, 5.41) is 2.78. The summed E-state index contributed by atoms with van der Waals surface area (Å²) in [6, 6.07) is 12.4. The molecular formula is C14H14ClN3O2. The highest BCUT2D eigenvalue weighted by Crippen LogP contribution is 2.04. The van der Waals surface area contributed by atoms with E-state index in [0.29, 0.717) is 5.56 Å². The first-order valence-electron chi connectivity index (χ1n) is 5.79. The van der Waals surface area contributed by atoms with E-state index in [4.69, 9.17) is 5.73 Å². The number of pyridine rings is 1. The molecule has 0 fully saturated rings. The van der Waals surface area contributed by atoms with Gasteiger partial charge in [0.05, 0.1) is 5.56 Å². The third-order valence-electron chi connectivity index (χ3n) is 2.56. The van der Waals surface area contributed by atoms with Gasteiger partial charge in [0.1, 0.15) is 0 Å². The van der Waals surface area contributed by atoms with Gasteiger partial charge in [-0.05, 0) is 12.1 Å². The number of nitrogens with two attached hydrogens (primary N) is 1. The number of para-hydroxylation sites is 1. The molecule has 1 heterocycles. The van der Waals surface area contributed by atoms with E-state index in [1.165, 1.54) is 0 Å². The van der Waals surface area contributed by atoms with E-state index in [1.54, 1.807) is 29.1 Å². The van der Waals surface area contributed by atoms with E-state index in [0.717, 1.165) is 5.69 Å². The third kappa shape index (κ3) is 4.37. The summed E-state index contributed by atoms with van der Waals surface area (Å²) in [7, 11) is 0. The van der Waals surface area contributed by atoms with Gasteiger partial charge < -0.3 is 23.5 Å². The second kappa shape index (κ2) is 7.25. The Morgan fingerprint density at radius 1 is 1.05 bits per heavy atom. The first kappa shape index (κ1) is 15.7. The number of nitrogens with zero attached hydrogens (tertiary/aromatic N) is 1. The molecule has 104 valence electrons. The minimum absolute atomic E-state index is 0. The molecule has 0 spiro atoms. The van der Waals surface area contributed by atoms with Crippen molar-refractivity contribution in [2.45, 2.75) is 6.54 Å². The number of hydrogen-bond acceptors (Lipinski definition) is 2. The summed E-state index contributed by atoms with van der Waals surface area (Å²) < 4.78 is 1.67. The van der Waals surface area contributed by atoms with Gasteiger partial charge in [0.25, 0.3) is 5.91 Å². The molecule has 2 aromatic rings. The Morgan fingerprint density at radius 2 is 1.65 bits per heavy atom. The Balaban J connectivity index is 0.00000200. The lowest BCUT2D eigenvalue weighted by Gasteiger charge is -2.02. The molecule has 0 radical (unpaired) electrons. The van der Waals surface area contributed by atoms with Crippen LogP contribution in [-0.2, 0) is 11.3 Å². The van der Waals surface area contributed by atoms with Crippen molar-refractivity contribution in [3.63, 3.8) is 0 Å². The first-order valence-corrected chi connectivity index (χ1v) is 5.79. The maximum Gasteiger partial charge on any atom is 0.290 e. The first-order chi connectivity index (χ1) is 9.15. The summed E-state index contributed by atoms with van der Waals surface area (Å²) in [6.07, 6.45) is 3.29. The fourth-order valence-corrected chi connectivity index (χ4v) is 1.61. The maximum atomic E-state index is 11.8. The Labute approximate surface area is 122 Å². The van der Waals surface area contributed by atoms with E-state index in [9.17, 15) is 9.59 Å². The molecule has 2 rings (SSSR count). The standard InChI is InChI=1S/C14H13N3O2.ClH/c15-14(19)11-6-8-17(9-7-11)10-13(18)16-12-4-2-1-3-5-12;/h1-9H,10H2,(H2-,15,16,18,19);1H. The van der Waals surface area contributed by atoms with Crippen molar-refractivity contribution in [3.05, 3.63) is 60.4 Å². The van der Waals surface area contributed by atoms with E-state index < -0.39 is 5.91 Å². The zero-order valence-corrected chi connectivity index (χ0v) is 11.4. The highest BCUT2D eigenvalue weighted by molar-refractivity contribution is 5.92. The van der Waals surface area contributed by atoms with Gasteiger partial charge in [0, 0.05) is 17.8 Å². The highest BCUT2D eigenvalue weighted by Gasteiger charge is 2.10. The maximum absolute atomic E-state index is 11.8. The average Bonchev–Trinajstić information content (AvgIpc) is 2.40. The smallest absolute Gasteiger partial charge is 0.290 e. The van der Waals surface area contributed by atoms with Crippen LogP contribution in [0.2, 0.25) is 0 Å². The van der Waals surface area contributed by atoms with Crippen molar-refractivity contribution in [2.24, 2.45) is 5.73 Å². The number of aromatic nitrogens is 1. The van der Waals surface area contributed by atoms with Crippen LogP contribution in [0.4, 0.5) is 5.69 Å². The van der Waals surface area contributed by atoms with Gasteiger partial charge in [-0.1, -0.05) is 18.2 Å². The van der Waals surface area contributed by atoms with Crippen LogP contribution in [-0.4, -0.2) is 11.8 Å². The summed E-state index contributed by atoms with van der Waals surface area (Å²) >= 11 is 0. The van der Waals surface area contributed by atoms with Crippen LogP contribution in [0.3, 0.4) is 0 Å². The molecule has 0 aliphatic carbocycles. The van der Waals surface area contributed by atoms with E-state index in [2.05, 4.69) is 5.32 Å². The number of amides is 2. The van der Waals surface area contributed by atoms with Crippen LogP contribution < -0.4 is 28.0 Å². The monoisotopic (exact) mass is 291 g/mol. The van der Waals surface area contributed by atoms with Gasteiger partial charge in [-0.15, -0.1) is 0 Å². The molecular weight excluding hydrogens is 278 g/mol. The van der Waals surface area contributed by atoms with Crippen molar-refractivity contribution in [1.82, 2.24) is 0 Å². The minimum atomic E-state index is -0.485. The molecule has 0 aliphatic rings. The molecule has 0 saturated heterocycles. The van der Waals surface area contributed by atoms with Crippen LogP contribution >= 0.6 is 0 Å². The van der Waals surface area contributed by atoms with Crippen molar-refractivity contribution in [1.29, 1.82) is 0 Å². The van der Waals surface area contributed by atoms with Gasteiger partial charge in [-0.2, -0.15) is 4.57 Å². The zero-order chi connectivity index (χ0) is 13.7. The lowest BCUT2D eigenvalue weighted by molar-refractivity contribution is -0.684. The number of rotatable bonds is 4. The number of anilines is 1. The summed E-state index contributed by atoms with van der Waals surface area (Å²) in [4.78, 5) is 22.7. The molecule has 6 heteroatoms. The second-order valence-electron chi connectivity index (χ2n) is 4.04. The predicted octanol–water partition coefficient (Wildman–Crippen LogP) is -2.28. The summed E-state index contributed by atoms with van der Waals surface area (Å²) in [5.74, 6) is -0.621. The molecule has 0 saturated carbocycles. The Hall–Kier alpha value is -2.40. The lowest BCUT2D eigenvalue weighted by Crippen LogP contribution is -3.00. The van der Waals surface area contributed by atoms with Gasteiger partial charge in [-0.3, -0.25) is 9.59 Å². The van der Waals surface area contributed by atoms with Crippen LogP contribution in [0, 0.1) is 0 Å². The number of carbonyl (C=O) groups is 2. The Kier molecular flexibility index (Phi) is 5.68. The van der Waals surface area contributed by atoms with E-state index in [1.807, 2.05) is 30.3 Å². The third-order valence-corrected chi connectivity index (χ3v) is 2.56. The average molecular weight is 292 g/mol. The zero-order valence-electron chi connectivity index (χ0n) is 10.6. The molecule has 0 bridgehead atoms. The van der Waals surface area contributed by atoms with Gasteiger partial charge in [0.15, 0.2) is 12.4 Å². The van der Waals surface area contributed by atoms with Gasteiger partial charge >= 0.3 is 0 Å². The topological polar surface area (TPSA) is 76.1 Å². The Morgan fingerprint density at radius 3 is 2.20 bits per heavy atom. The van der Waals surface area contributed by atoms with Gasteiger partial charge in [0.2, 0.25) is 12.5 Å². The van der Waals surface area contributed by atoms with E-state index >= 15 is 0 Å². The molecule has 0 atom stereocenters. The van der Waals surface area contributed by atoms with Crippen molar-refractivity contribution in [3.8, 4) is 0 Å². The molecule has 0 unspecified atom stereocenters. The quantitative estimate of drug-likeness (QED) is 0.623. The molecule has 20 heavy (non-hydrogen) atoms.